The summed E-state index contributed by atoms with van der Waals surface area (Å²) in [5.41, 5.74) is 0. The molecule has 2 unspecified atom stereocenters. The normalized spacial score (nSPS) is 20.9. The molecule has 1 aliphatic rings. The molecule has 0 aromatic rings. The number of hydrogen-bond acceptors (Lipinski definition) is 5. The molecule has 1 saturated heterocycles. The van der Waals surface area contributed by atoms with Gasteiger partial charge in [-0.15, -0.1) is 0 Å². The van der Waals surface area contributed by atoms with Crippen LogP contribution in [0.4, 0.5) is 4.79 Å². The Hall–Kier alpha value is -1.87. The maximum absolute atomic E-state index is 11.5. The molecule has 0 aliphatic carbocycles. The van der Waals surface area contributed by atoms with Crippen LogP contribution in [-0.2, 0) is 14.3 Å². The maximum atomic E-state index is 11.5. The van der Waals surface area contributed by atoms with Gasteiger partial charge in [0.15, 0.2) is 0 Å². The van der Waals surface area contributed by atoms with Crippen LogP contribution in [0.1, 0.15) is 6.42 Å². The summed E-state index contributed by atoms with van der Waals surface area (Å²) in [4.78, 5) is 34.8. The summed E-state index contributed by atoms with van der Waals surface area (Å²) in [7, 11) is 1.93. The highest BCUT2D eigenvalue weighted by molar-refractivity contribution is 5.86. The quantitative estimate of drug-likeness (QED) is 0.470. The van der Waals surface area contributed by atoms with Crippen molar-refractivity contribution in [3.05, 3.63) is 0 Å². The van der Waals surface area contributed by atoms with E-state index in [1.54, 1.807) is 0 Å². The zero-order chi connectivity index (χ0) is 15.1. The van der Waals surface area contributed by atoms with Crippen molar-refractivity contribution < 1.29 is 29.3 Å². The van der Waals surface area contributed by atoms with Gasteiger partial charge >= 0.3 is 18.0 Å². The molecular weight excluding hydrogens is 270 g/mol. The molecule has 2 atom stereocenters. The fourth-order valence-corrected chi connectivity index (χ4v) is 1.78. The Morgan fingerprint density at radius 3 is 2.65 bits per heavy atom. The Morgan fingerprint density at radius 1 is 1.40 bits per heavy atom. The van der Waals surface area contributed by atoms with E-state index >= 15 is 0 Å². The molecule has 0 spiro atoms. The number of rotatable bonds is 6. The predicted molar refractivity (Wildman–Crippen MR) is 67.4 cm³/mol. The molecule has 0 saturated carbocycles. The van der Waals surface area contributed by atoms with Crippen LogP contribution in [0.3, 0.4) is 0 Å². The second-order valence-electron chi connectivity index (χ2n) is 4.60. The van der Waals surface area contributed by atoms with Crippen LogP contribution in [0.2, 0.25) is 0 Å². The average molecular weight is 289 g/mol. The molecule has 4 N–H and O–H groups in total. The average Bonchev–Trinajstić information content (AvgIpc) is 2.35. The molecule has 1 rings (SSSR count). The van der Waals surface area contributed by atoms with Gasteiger partial charge in [-0.2, -0.15) is 0 Å². The molecule has 0 aromatic carbocycles. The highest BCUT2D eigenvalue weighted by atomic mass is 16.5. The minimum Gasteiger partial charge on any atom is -0.481 e. The number of carboxylic acids is 2. The van der Waals surface area contributed by atoms with E-state index in [4.69, 9.17) is 14.9 Å². The van der Waals surface area contributed by atoms with Crippen LogP contribution in [0.15, 0.2) is 0 Å². The topological polar surface area (TPSA) is 128 Å². The van der Waals surface area contributed by atoms with Crippen LogP contribution in [-0.4, -0.2) is 78.5 Å². The zero-order valence-corrected chi connectivity index (χ0v) is 11.2. The number of nitrogens with zero attached hydrogens (tertiary/aromatic N) is 1. The van der Waals surface area contributed by atoms with E-state index in [-0.39, 0.29) is 12.6 Å². The Labute approximate surface area is 115 Å². The molecule has 9 nitrogen and oxygen atoms in total. The van der Waals surface area contributed by atoms with E-state index in [2.05, 4.69) is 15.5 Å². The number of likely N-dealkylation sites (N-methyl/N-ethyl adjacent to an activating group) is 1. The highest BCUT2D eigenvalue weighted by Gasteiger charge is 2.24. The lowest BCUT2D eigenvalue weighted by Gasteiger charge is -2.30. The molecule has 1 heterocycles. The first-order valence-corrected chi connectivity index (χ1v) is 6.17. The molecule has 9 heteroatoms. The Kier molecular flexibility index (Phi) is 6.19. The summed E-state index contributed by atoms with van der Waals surface area (Å²) in [6.45, 7) is 2.29. The van der Waals surface area contributed by atoms with Crippen molar-refractivity contribution in [2.75, 3.05) is 33.3 Å². The van der Waals surface area contributed by atoms with E-state index < -0.39 is 30.4 Å². The highest BCUT2D eigenvalue weighted by Crippen LogP contribution is 2.01. The van der Waals surface area contributed by atoms with Gasteiger partial charge in [-0.05, 0) is 7.05 Å². The molecule has 1 aliphatic heterocycles. The molecular formula is C11H19N3O6. The van der Waals surface area contributed by atoms with Gasteiger partial charge in [-0.1, -0.05) is 0 Å². The van der Waals surface area contributed by atoms with Crippen LogP contribution < -0.4 is 10.6 Å². The fourth-order valence-electron chi connectivity index (χ4n) is 1.78. The van der Waals surface area contributed by atoms with E-state index in [0.29, 0.717) is 13.2 Å². The van der Waals surface area contributed by atoms with Gasteiger partial charge in [0.1, 0.15) is 6.04 Å². The summed E-state index contributed by atoms with van der Waals surface area (Å²) < 4.78 is 5.42. The lowest BCUT2D eigenvalue weighted by molar-refractivity contribution is -0.145. The summed E-state index contributed by atoms with van der Waals surface area (Å²) in [5, 5.41) is 21.9. The summed E-state index contributed by atoms with van der Waals surface area (Å²) in [6.07, 6.45) is -0.840. The second kappa shape index (κ2) is 7.65. The van der Waals surface area contributed by atoms with Crippen LogP contribution in [0.25, 0.3) is 0 Å². The Morgan fingerprint density at radius 2 is 2.10 bits per heavy atom. The van der Waals surface area contributed by atoms with Crippen molar-refractivity contribution in [3.8, 4) is 0 Å². The third-order valence-corrected chi connectivity index (χ3v) is 2.81. The first kappa shape index (κ1) is 16.2. The Balaban J connectivity index is 2.34. The van der Waals surface area contributed by atoms with Crippen molar-refractivity contribution in [1.29, 1.82) is 0 Å². The van der Waals surface area contributed by atoms with Gasteiger partial charge < -0.3 is 30.5 Å². The molecule has 0 aromatic heterocycles. The minimum atomic E-state index is -1.46. The predicted octanol–water partition coefficient (Wildman–Crippen LogP) is -1.46. The second-order valence-corrected chi connectivity index (χ2v) is 4.60. The molecule has 2 amide bonds. The smallest absolute Gasteiger partial charge is 0.326 e. The standard InChI is InChI=1S/C11H19N3O6/c1-14-2-3-20-7(6-14)5-12-11(19)13-8(10(17)18)4-9(15)16/h7-8H,2-6H2,1H3,(H,15,16)(H,17,18)(H2,12,13,19). The van der Waals surface area contributed by atoms with Gasteiger partial charge in [-0.3, -0.25) is 4.79 Å². The largest absolute Gasteiger partial charge is 0.481 e. The van der Waals surface area contributed by atoms with Crippen LogP contribution >= 0.6 is 0 Å². The van der Waals surface area contributed by atoms with Crippen molar-refractivity contribution in [1.82, 2.24) is 15.5 Å². The summed E-state index contributed by atoms with van der Waals surface area (Å²) in [6, 6.07) is -2.18. The third-order valence-electron chi connectivity index (χ3n) is 2.81. The number of nitrogens with one attached hydrogen (secondary N) is 2. The Bertz CT molecular complexity index is 375. The number of morpholine rings is 1. The van der Waals surface area contributed by atoms with Crippen molar-refractivity contribution in [2.24, 2.45) is 0 Å². The van der Waals surface area contributed by atoms with Crippen LogP contribution in [0.5, 0.6) is 0 Å². The summed E-state index contributed by atoms with van der Waals surface area (Å²) >= 11 is 0. The van der Waals surface area contributed by atoms with Gasteiger partial charge in [0.25, 0.3) is 0 Å². The molecule has 20 heavy (non-hydrogen) atoms. The number of amides is 2. The number of carbonyl (C=O) groups excluding carboxylic acids is 1. The lowest BCUT2D eigenvalue weighted by Crippen LogP contribution is -2.51. The number of carboxylic acid groups (broad SMARTS) is 2. The van der Waals surface area contributed by atoms with Gasteiger partial charge in [0.05, 0.1) is 19.1 Å². The van der Waals surface area contributed by atoms with Gasteiger partial charge in [0.2, 0.25) is 0 Å². The van der Waals surface area contributed by atoms with Crippen molar-refractivity contribution in [3.63, 3.8) is 0 Å². The fraction of sp³-hybridized carbons (Fsp3) is 0.727. The minimum absolute atomic E-state index is 0.165. The zero-order valence-electron chi connectivity index (χ0n) is 11.2. The first-order valence-electron chi connectivity index (χ1n) is 6.17. The van der Waals surface area contributed by atoms with Crippen molar-refractivity contribution >= 4 is 18.0 Å². The maximum Gasteiger partial charge on any atom is 0.326 e. The molecule has 0 radical (unpaired) electrons. The van der Waals surface area contributed by atoms with E-state index in [0.717, 1.165) is 6.54 Å². The number of carbonyl (C=O) groups is 3. The van der Waals surface area contributed by atoms with Gasteiger partial charge in [-0.25, -0.2) is 9.59 Å². The molecule has 114 valence electrons. The SMILES string of the molecule is CN1CCOC(CNC(=O)NC(CC(=O)O)C(=O)O)C1. The number of aliphatic carboxylic acids is 2. The van der Waals surface area contributed by atoms with Crippen LogP contribution in [0, 0.1) is 0 Å². The van der Waals surface area contributed by atoms with Crippen molar-refractivity contribution in [2.45, 2.75) is 18.6 Å². The number of urea groups is 1. The molecule has 1 fully saturated rings. The summed E-state index contributed by atoms with van der Waals surface area (Å²) in [5.74, 6) is -2.69. The van der Waals surface area contributed by atoms with E-state index in [1.807, 2.05) is 7.05 Å². The van der Waals surface area contributed by atoms with E-state index in [9.17, 15) is 14.4 Å². The lowest BCUT2D eigenvalue weighted by atomic mass is 10.2. The third kappa shape index (κ3) is 5.85. The van der Waals surface area contributed by atoms with Gasteiger partial charge in [0, 0.05) is 19.6 Å². The number of hydrogen-bond donors (Lipinski definition) is 4. The first-order chi connectivity index (χ1) is 9.38. The number of ether oxygens (including phenoxy) is 1. The van der Waals surface area contributed by atoms with E-state index in [1.165, 1.54) is 0 Å². The monoisotopic (exact) mass is 289 g/mol. The molecule has 0 bridgehead atoms.